The molecule has 1 aromatic carbocycles. The van der Waals surface area contributed by atoms with Crippen molar-refractivity contribution >= 4 is 34.0 Å². The Morgan fingerprint density at radius 2 is 1.68 bits per heavy atom. The lowest BCUT2D eigenvalue weighted by Gasteiger charge is -2.11. The van der Waals surface area contributed by atoms with E-state index in [1.54, 1.807) is 30.3 Å². The first-order valence-corrected chi connectivity index (χ1v) is 10.9. The Balaban J connectivity index is 1.51. The van der Waals surface area contributed by atoms with Crippen molar-refractivity contribution in [1.29, 1.82) is 0 Å². The molecule has 4 rings (SSSR count). The molecular formula is C23H16F3N5O2S. The molecule has 172 valence electrons. The number of amides is 1. The third-order valence-electron chi connectivity index (χ3n) is 4.56. The molecule has 0 spiro atoms. The van der Waals surface area contributed by atoms with Gasteiger partial charge in [-0.2, -0.15) is 13.2 Å². The first-order valence-electron chi connectivity index (χ1n) is 9.80. The highest BCUT2D eigenvalue weighted by atomic mass is 32.2. The number of hydrogen-bond donors (Lipinski definition) is 2. The fraction of sp³-hybridized carbons (Fsp3) is 0.0435. The number of halogens is 3. The Kier molecular flexibility index (Phi) is 6.64. The third-order valence-corrected chi connectivity index (χ3v) is 6.01. The largest absolute Gasteiger partial charge is 0.417 e. The van der Waals surface area contributed by atoms with E-state index < -0.39 is 28.4 Å². The number of anilines is 3. The maximum atomic E-state index is 13.0. The highest BCUT2D eigenvalue weighted by Crippen LogP contribution is 2.29. The zero-order chi connectivity index (χ0) is 24.1. The molecule has 1 amide bonds. The molecule has 3 heterocycles. The molecule has 2 N–H and O–H groups in total. The predicted octanol–water partition coefficient (Wildman–Crippen LogP) is 5.05. The van der Waals surface area contributed by atoms with E-state index in [0.29, 0.717) is 16.0 Å². The van der Waals surface area contributed by atoms with Gasteiger partial charge in [-0.05, 0) is 42.5 Å². The van der Waals surface area contributed by atoms with Crippen LogP contribution in [0.25, 0.3) is 0 Å². The molecule has 0 bridgehead atoms. The highest BCUT2D eigenvalue weighted by Gasteiger charge is 2.30. The summed E-state index contributed by atoms with van der Waals surface area (Å²) in [4.78, 5) is 25.6. The molecule has 0 radical (unpaired) electrons. The van der Waals surface area contributed by atoms with Crippen molar-refractivity contribution in [1.82, 2.24) is 15.0 Å². The van der Waals surface area contributed by atoms with Gasteiger partial charge in [0.2, 0.25) is 0 Å². The molecule has 0 fully saturated rings. The van der Waals surface area contributed by atoms with Gasteiger partial charge < -0.3 is 10.6 Å². The van der Waals surface area contributed by atoms with Crippen molar-refractivity contribution < 1.29 is 22.2 Å². The monoisotopic (exact) mass is 483 g/mol. The Labute approximate surface area is 194 Å². The van der Waals surface area contributed by atoms with E-state index in [2.05, 4.69) is 25.6 Å². The molecule has 3 aromatic heterocycles. The van der Waals surface area contributed by atoms with E-state index in [1.165, 1.54) is 30.7 Å². The van der Waals surface area contributed by atoms with Crippen LogP contribution in [-0.2, 0) is 17.0 Å². The van der Waals surface area contributed by atoms with Gasteiger partial charge >= 0.3 is 6.18 Å². The predicted molar refractivity (Wildman–Crippen MR) is 120 cm³/mol. The van der Waals surface area contributed by atoms with E-state index >= 15 is 0 Å². The van der Waals surface area contributed by atoms with E-state index in [1.807, 2.05) is 6.07 Å². The Bertz CT molecular complexity index is 1330. The molecule has 0 aliphatic carbocycles. The second-order valence-corrected chi connectivity index (χ2v) is 8.34. The number of hydrogen-bond acceptors (Lipinski definition) is 6. The summed E-state index contributed by atoms with van der Waals surface area (Å²) in [7, 11) is -1.54. The first kappa shape index (κ1) is 23.1. The minimum absolute atomic E-state index is 0.130. The van der Waals surface area contributed by atoms with E-state index in [-0.39, 0.29) is 22.9 Å². The van der Waals surface area contributed by atoms with Crippen molar-refractivity contribution in [2.75, 3.05) is 10.6 Å². The van der Waals surface area contributed by atoms with Crippen LogP contribution in [0.5, 0.6) is 0 Å². The number of aromatic nitrogens is 3. The molecule has 0 saturated heterocycles. The summed E-state index contributed by atoms with van der Waals surface area (Å²) in [5, 5.41) is 5.46. The zero-order valence-electron chi connectivity index (χ0n) is 17.3. The lowest BCUT2D eigenvalue weighted by atomic mass is 10.2. The van der Waals surface area contributed by atoms with Crippen LogP contribution in [0.3, 0.4) is 0 Å². The number of pyridine rings is 3. The molecule has 11 heteroatoms. The molecular weight excluding hydrogens is 467 g/mol. The van der Waals surface area contributed by atoms with Crippen LogP contribution in [0.1, 0.15) is 15.9 Å². The molecule has 34 heavy (non-hydrogen) atoms. The smallest absolute Gasteiger partial charge is 0.325 e. The van der Waals surface area contributed by atoms with E-state index in [9.17, 15) is 22.2 Å². The van der Waals surface area contributed by atoms with Crippen molar-refractivity contribution in [3.8, 4) is 0 Å². The second kappa shape index (κ2) is 9.79. The standard InChI is InChI=1S/C23H16F3N5O2S/c24-23(25,26)16-6-7-20(29-13-16)31-21-12-15(8-11-28-21)22(32)30-18-14-27-10-9-19(18)34(33)17-4-2-1-3-5-17/h1-14H,(H,30,32)(H,28,29,31). The van der Waals surface area contributed by atoms with Crippen LogP contribution in [0.15, 0.2) is 95.2 Å². The minimum Gasteiger partial charge on any atom is -0.325 e. The lowest BCUT2D eigenvalue weighted by Crippen LogP contribution is -2.14. The zero-order valence-corrected chi connectivity index (χ0v) is 18.1. The number of rotatable bonds is 6. The van der Waals surface area contributed by atoms with Gasteiger partial charge in [0.1, 0.15) is 11.6 Å². The highest BCUT2D eigenvalue weighted by molar-refractivity contribution is 7.85. The molecule has 0 aliphatic heterocycles. The fourth-order valence-electron chi connectivity index (χ4n) is 2.91. The molecule has 7 nitrogen and oxygen atoms in total. The molecule has 0 aliphatic rings. The van der Waals surface area contributed by atoms with E-state index in [0.717, 1.165) is 12.1 Å². The normalized spacial score (nSPS) is 12.1. The SMILES string of the molecule is O=C(Nc1cnccc1S(=O)c1ccccc1)c1ccnc(Nc2ccc(C(F)(F)F)cn2)c1. The number of carbonyl (C=O) groups excluding carboxylic acids is 1. The van der Waals surface area contributed by atoms with Gasteiger partial charge in [-0.15, -0.1) is 0 Å². The Morgan fingerprint density at radius 3 is 2.38 bits per heavy atom. The number of alkyl halides is 3. The summed E-state index contributed by atoms with van der Waals surface area (Å²) in [5.74, 6) is -0.171. The maximum Gasteiger partial charge on any atom is 0.417 e. The lowest BCUT2D eigenvalue weighted by molar-refractivity contribution is -0.137. The van der Waals surface area contributed by atoms with Gasteiger partial charge in [-0.1, -0.05) is 18.2 Å². The van der Waals surface area contributed by atoms with Gasteiger partial charge in [0.15, 0.2) is 0 Å². The van der Waals surface area contributed by atoms with Crippen LogP contribution in [-0.4, -0.2) is 25.1 Å². The number of benzene rings is 1. The average molecular weight is 483 g/mol. The Morgan fingerprint density at radius 1 is 0.882 bits per heavy atom. The summed E-state index contributed by atoms with van der Waals surface area (Å²) >= 11 is 0. The third kappa shape index (κ3) is 5.44. The fourth-order valence-corrected chi connectivity index (χ4v) is 4.06. The molecule has 1 atom stereocenters. The average Bonchev–Trinajstić information content (AvgIpc) is 2.84. The molecule has 4 aromatic rings. The summed E-state index contributed by atoms with van der Waals surface area (Å²) in [6.07, 6.45) is 0.471. The number of carbonyl (C=O) groups is 1. The second-order valence-electron chi connectivity index (χ2n) is 6.89. The van der Waals surface area contributed by atoms with Crippen LogP contribution in [0, 0.1) is 0 Å². The van der Waals surface area contributed by atoms with Crippen molar-refractivity contribution in [2.45, 2.75) is 16.0 Å². The van der Waals surface area contributed by atoms with Crippen LogP contribution in [0.4, 0.5) is 30.5 Å². The van der Waals surface area contributed by atoms with Crippen LogP contribution in [0.2, 0.25) is 0 Å². The Hall–Kier alpha value is -4.12. The van der Waals surface area contributed by atoms with E-state index in [4.69, 9.17) is 0 Å². The number of nitrogens with one attached hydrogen (secondary N) is 2. The molecule has 0 saturated carbocycles. The van der Waals surface area contributed by atoms with Crippen molar-refractivity contribution in [2.24, 2.45) is 0 Å². The van der Waals surface area contributed by atoms with Gasteiger partial charge in [0.25, 0.3) is 5.91 Å². The first-order chi connectivity index (χ1) is 16.3. The summed E-state index contributed by atoms with van der Waals surface area (Å²) < 4.78 is 51.1. The van der Waals surface area contributed by atoms with Gasteiger partial charge in [-0.25, -0.2) is 14.2 Å². The van der Waals surface area contributed by atoms with Gasteiger partial charge in [-0.3, -0.25) is 9.78 Å². The topological polar surface area (TPSA) is 96.9 Å². The minimum atomic E-state index is -4.49. The molecule has 1 unspecified atom stereocenters. The number of nitrogens with zero attached hydrogens (tertiary/aromatic N) is 3. The quantitative estimate of drug-likeness (QED) is 0.398. The summed E-state index contributed by atoms with van der Waals surface area (Å²) in [6.45, 7) is 0. The summed E-state index contributed by atoms with van der Waals surface area (Å²) in [6, 6.07) is 15.3. The maximum absolute atomic E-state index is 13.0. The van der Waals surface area contributed by atoms with Crippen LogP contribution >= 0.6 is 0 Å². The van der Waals surface area contributed by atoms with Gasteiger partial charge in [0, 0.05) is 29.0 Å². The van der Waals surface area contributed by atoms with Crippen molar-refractivity contribution in [3.63, 3.8) is 0 Å². The van der Waals surface area contributed by atoms with Crippen molar-refractivity contribution in [3.05, 3.63) is 96.6 Å². The van der Waals surface area contributed by atoms with Crippen LogP contribution < -0.4 is 10.6 Å². The summed E-state index contributed by atoms with van der Waals surface area (Å²) in [5.41, 5.74) is -0.380. The van der Waals surface area contributed by atoms with Gasteiger partial charge in [0.05, 0.1) is 33.1 Å².